The van der Waals surface area contributed by atoms with Gasteiger partial charge in [-0.3, -0.25) is 4.57 Å². The number of rotatable bonds is 2. The van der Waals surface area contributed by atoms with Crippen LogP contribution in [0.1, 0.15) is 30.8 Å². The number of aromatic nitrogens is 2. The highest BCUT2D eigenvalue weighted by Gasteiger charge is 2.38. The Morgan fingerprint density at radius 2 is 1.28 bits per heavy atom. The number of aryl methyl sites for hydroxylation is 1. The van der Waals surface area contributed by atoms with Crippen LogP contribution < -0.4 is 0 Å². The van der Waals surface area contributed by atoms with Crippen molar-refractivity contribution >= 4 is 43.4 Å². The lowest BCUT2D eigenvalue weighted by atomic mass is 9.79. The van der Waals surface area contributed by atoms with Gasteiger partial charge in [-0.25, -0.2) is 4.98 Å². The van der Waals surface area contributed by atoms with Crippen LogP contribution in [0.2, 0.25) is 0 Å². The lowest BCUT2D eigenvalue weighted by Gasteiger charge is -2.24. The van der Waals surface area contributed by atoms with E-state index in [-0.39, 0.29) is 5.41 Å². The molecule has 1 heterocycles. The molecular formula is C41H30N2. The summed E-state index contributed by atoms with van der Waals surface area (Å²) in [4.78, 5) is 4.80. The molecule has 8 aromatic rings. The molecule has 2 heteroatoms. The van der Waals surface area contributed by atoms with Gasteiger partial charge in [-0.15, -0.1) is 0 Å². The second-order valence-electron chi connectivity index (χ2n) is 12.5. The summed E-state index contributed by atoms with van der Waals surface area (Å²) in [5.41, 5.74) is 11.2. The van der Waals surface area contributed by atoms with Crippen molar-refractivity contribution in [3.8, 4) is 27.9 Å². The van der Waals surface area contributed by atoms with E-state index in [9.17, 15) is 0 Å². The van der Waals surface area contributed by atoms with E-state index in [2.05, 4.69) is 147 Å². The molecule has 9 rings (SSSR count). The Bertz CT molecular complexity index is 2440. The third kappa shape index (κ3) is 3.38. The third-order valence-corrected chi connectivity index (χ3v) is 9.64. The fourth-order valence-electron chi connectivity index (χ4n) is 7.70. The van der Waals surface area contributed by atoms with E-state index in [0.717, 1.165) is 22.5 Å². The van der Waals surface area contributed by atoms with Crippen molar-refractivity contribution in [2.24, 2.45) is 0 Å². The molecule has 1 aromatic heterocycles. The van der Waals surface area contributed by atoms with Crippen molar-refractivity contribution in [1.29, 1.82) is 0 Å². The fourth-order valence-corrected chi connectivity index (χ4v) is 7.70. The highest BCUT2D eigenvalue weighted by atomic mass is 15.1. The Kier molecular flexibility index (Phi) is 4.91. The SMILES string of the molecule is Cc1nc2ccccc2n1-c1cccc(-c2ccc3cc4c(cc3c2)C(C)(C)c2c-4c3ccccc3c3ccccc23)c1. The summed E-state index contributed by atoms with van der Waals surface area (Å²) >= 11 is 0. The first-order valence-corrected chi connectivity index (χ1v) is 15.1. The molecular weight excluding hydrogens is 520 g/mol. The number of imidazole rings is 1. The Morgan fingerprint density at radius 3 is 2.12 bits per heavy atom. The molecule has 1 aliphatic carbocycles. The Balaban J connectivity index is 1.23. The zero-order chi connectivity index (χ0) is 28.9. The van der Waals surface area contributed by atoms with Gasteiger partial charge in [0.1, 0.15) is 5.82 Å². The standard InChI is InChI=1S/C41H30N2/c1-25-42-37-17-8-9-18-38(37)43(25)30-12-10-11-26(22-30)27-19-20-28-23-35-36(24-29(28)21-27)41(2,3)40-34-16-7-5-14-32(34)31-13-4-6-15-33(31)39(35)40/h4-24H,1-3H3. The van der Waals surface area contributed by atoms with Crippen molar-refractivity contribution < 1.29 is 0 Å². The molecule has 0 unspecified atom stereocenters. The van der Waals surface area contributed by atoms with Crippen LogP contribution in [0, 0.1) is 6.92 Å². The molecule has 0 atom stereocenters. The Labute approximate surface area is 250 Å². The zero-order valence-electron chi connectivity index (χ0n) is 24.5. The molecule has 204 valence electrons. The highest BCUT2D eigenvalue weighted by molar-refractivity contribution is 6.19. The van der Waals surface area contributed by atoms with E-state index >= 15 is 0 Å². The predicted molar refractivity (Wildman–Crippen MR) is 181 cm³/mol. The van der Waals surface area contributed by atoms with Gasteiger partial charge >= 0.3 is 0 Å². The molecule has 0 fully saturated rings. The minimum absolute atomic E-state index is 0.113. The van der Waals surface area contributed by atoms with Crippen LogP contribution in [0.25, 0.3) is 71.3 Å². The zero-order valence-corrected chi connectivity index (χ0v) is 24.5. The number of nitrogens with zero attached hydrogens (tertiary/aromatic N) is 2. The number of para-hydroxylation sites is 2. The average Bonchev–Trinajstić information content (AvgIpc) is 3.50. The third-order valence-electron chi connectivity index (χ3n) is 9.64. The molecule has 0 amide bonds. The normalized spacial score (nSPS) is 13.7. The molecule has 7 aromatic carbocycles. The van der Waals surface area contributed by atoms with E-state index < -0.39 is 0 Å². The maximum Gasteiger partial charge on any atom is 0.111 e. The smallest absolute Gasteiger partial charge is 0.111 e. The van der Waals surface area contributed by atoms with Crippen molar-refractivity contribution in [1.82, 2.24) is 9.55 Å². The van der Waals surface area contributed by atoms with Crippen LogP contribution in [0.4, 0.5) is 0 Å². The van der Waals surface area contributed by atoms with Crippen LogP contribution >= 0.6 is 0 Å². The summed E-state index contributed by atoms with van der Waals surface area (Å²) < 4.78 is 2.25. The first-order valence-electron chi connectivity index (χ1n) is 15.1. The largest absolute Gasteiger partial charge is 0.297 e. The van der Waals surface area contributed by atoms with Crippen LogP contribution in [-0.4, -0.2) is 9.55 Å². The fraction of sp³-hybridized carbons (Fsp3) is 0.0976. The summed E-state index contributed by atoms with van der Waals surface area (Å²) in [5, 5.41) is 7.93. The molecule has 0 aliphatic heterocycles. The lowest BCUT2D eigenvalue weighted by Crippen LogP contribution is -2.15. The topological polar surface area (TPSA) is 17.8 Å². The summed E-state index contributed by atoms with van der Waals surface area (Å²) in [6, 6.07) is 46.8. The van der Waals surface area contributed by atoms with Crippen molar-refractivity contribution in [2.45, 2.75) is 26.2 Å². The van der Waals surface area contributed by atoms with Crippen molar-refractivity contribution in [3.05, 3.63) is 144 Å². The van der Waals surface area contributed by atoms with Gasteiger partial charge < -0.3 is 0 Å². The molecule has 0 saturated heterocycles. The second kappa shape index (κ2) is 8.65. The van der Waals surface area contributed by atoms with Crippen molar-refractivity contribution in [2.75, 3.05) is 0 Å². The summed E-state index contributed by atoms with van der Waals surface area (Å²) in [7, 11) is 0. The molecule has 43 heavy (non-hydrogen) atoms. The summed E-state index contributed by atoms with van der Waals surface area (Å²) in [6.45, 7) is 6.88. The first kappa shape index (κ1) is 24.4. The van der Waals surface area contributed by atoms with E-state index in [1.165, 1.54) is 65.7 Å². The molecule has 0 bridgehead atoms. The Hall–Kier alpha value is -5.21. The monoisotopic (exact) mass is 550 g/mol. The number of fused-ring (bicyclic) bond motifs is 10. The van der Waals surface area contributed by atoms with Crippen LogP contribution in [0.3, 0.4) is 0 Å². The van der Waals surface area contributed by atoms with Gasteiger partial charge in [0.05, 0.1) is 11.0 Å². The van der Waals surface area contributed by atoms with Gasteiger partial charge in [-0.05, 0) is 115 Å². The number of benzene rings is 7. The highest BCUT2D eigenvalue weighted by Crippen LogP contribution is 2.55. The molecule has 0 saturated carbocycles. The summed E-state index contributed by atoms with van der Waals surface area (Å²) in [6.07, 6.45) is 0. The summed E-state index contributed by atoms with van der Waals surface area (Å²) in [5.74, 6) is 0.995. The van der Waals surface area contributed by atoms with Gasteiger partial charge in [-0.2, -0.15) is 0 Å². The molecule has 2 nitrogen and oxygen atoms in total. The quantitative estimate of drug-likeness (QED) is 0.196. The lowest BCUT2D eigenvalue weighted by molar-refractivity contribution is 0.667. The van der Waals surface area contributed by atoms with Crippen LogP contribution in [0.5, 0.6) is 0 Å². The molecule has 0 spiro atoms. The van der Waals surface area contributed by atoms with E-state index in [1.807, 2.05) is 6.07 Å². The number of hydrogen-bond donors (Lipinski definition) is 0. The first-order chi connectivity index (χ1) is 21.0. The second-order valence-corrected chi connectivity index (χ2v) is 12.5. The minimum Gasteiger partial charge on any atom is -0.297 e. The maximum absolute atomic E-state index is 4.80. The number of hydrogen-bond acceptors (Lipinski definition) is 1. The molecule has 0 radical (unpaired) electrons. The maximum atomic E-state index is 4.80. The van der Waals surface area contributed by atoms with Gasteiger partial charge in [-0.1, -0.05) is 98.8 Å². The van der Waals surface area contributed by atoms with E-state index in [1.54, 1.807) is 0 Å². The van der Waals surface area contributed by atoms with Crippen LogP contribution in [0.15, 0.2) is 127 Å². The molecule has 1 aliphatic rings. The van der Waals surface area contributed by atoms with E-state index in [0.29, 0.717) is 0 Å². The van der Waals surface area contributed by atoms with Gasteiger partial charge in [0.25, 0.3) is 0 Å². The average molecular weight is 551 g/mol. The van der Waals surface area contributed by atoms with Crippen LogP contribution in [-0.2, 0) is 5.41 Å². The van der Waals surface area contributed by atoms with E-state index in [4.69, 9.17) is 4.98 Å². The molecule has 0 N–H and O–H groups in total. The predicted octanol–water partition coefficient (Wildman–Crippen LogP) is 10.8. The van der Waals surface area contributed by atoms with Crippen molar-refractivity contribution in [3.63, 3.8) is 0 Å². The Morgan fingerprint density at radius 1 is 0.581 bits per heavy atom. The van der Waals surface area contributed by atoms with Gasteiger partial charge in [0.2, 0.25) is 0 Å². The van der Waals surface area contributed by atoms with Gasteiger partial charge in [0.15, 0.2) is 0 Å². The minimum atomic E-state index is -0.113. The van der Waals surface area contributed by atoms with Gasteiger partial charge in [0, 0.05) is 11.1 Å².